The third-order valence-corrected chi connectivity index (χ3v) is 3.03. The van der Waals surface area contributed by atoms with Crippen LogP contribution in [0, 0.1) is 16.7 Å². The average Bonchev–Trinajstić information content (AvgIpc) is 2.46. The van der Waals surface area contributed by atoms with Crippen molar-refractivity contribution < 1.29 is 0 Å². The first kappa shape index (κ1) is 6.35. The highest BCUT2D eigenvalue weighted by Gasteiger charge is 2.44. The Morgan fingerprint density at radius 1 is 1.40 bits per heavy atom. The second-order valence-corrected chi connectivity index (χ2v) is 3.49. The van der Waals surface area contributed by atoms with Crippen molar-refractivity contribution in [1.82, 2.24) is 0 Å². The van der Waals surface area contributed by atoms with Gasteiger partial charge in [-0.3, -0.25) is 0 Å². The topological polar surface area (TPSA) is 29.4 Å². The molecule has 0 amide bonds. The molecule has 2 bridgehead atoms. The molecule has 2 rings (SSSR count). The van der Waals surface area contributed by atoms with Gasteiger partial charge in [-0.15, -0.1) is 11.6 Å². The first-order chi connectivity index (χ1) is 4.83. The molecule has 10 heavy (non-hydrogen) atoms. The number of nitroso groups, excluding NO2 is 1. The molecule has 0 radical (unpaired) electrons. The van der Waals surface area contributed by atoms with Gasteiger partial charge in [0.1, 0.15) is 6.04 Å². The molecule has 0 saturated heterocycles. The highest BCUT2D eigenvalue weighted by Crippen LogP contribution is 2.43. The minimum absolute atomic E-state index is 0.0347. The van der Waals surface area contributed by atoms with Gasteiger partial charge in [0.15, 0.2) is 0 Å². The quantitative estimate of drug-likeness (QED) is 0.325. The smallest absolute Gasteiger partial charge is 0.115 e. The third-order valence-electron chi connectivity index (χ3n) is 2.45. The lowest BCUT2D eigenvalue weighted by molar-refractivity contribution is 0.580. The standard InChI is InChI=1S/C7H8ClNO/c8-6-4-1-2-5(3-4)7(6)9-10/h1-2,4-7H,3H2/t4-,5-,6+,7-/m1/s1. The van der Waals surface area contributed by atoms with Crippen molar-refractivity contribution in [3.05, 3.63) is 17.1 Å². The lowest BCUT2D eigenvalue weighted by atomic mass is 10.0. The largest absolute Gasteiger partial charge is 0.150 e. The van der Waals surface area contributed by atoms with Gasteiger partial charge in [0.05, 0.1) is 5.38 Å². The summed E-state index contributed by atoms with van der Waals surface area (Å²) in [6.07, 6.45) is 5.20. The summed E-state index contributed by atoms with van der Waals surface area (Å²) in [6, 6.07) is -0.156. The van der Waals surface area contributed by atoms with Crippen LogP contribution in [0.15, 0.2) is 17.3 Å². The summed E-state index contributed by atoms with van der Waals surface area (Å²) in [5.41, 5.74) is 0. The monoisotopic (exact) mass is 157 g/mol. The molecular weight excluding hydrogens is 150 g/mol. The Hall–Kier alpha value is -0.370. The van der Waals surface area contributed by atoms with Crippen LogP contribution in [0.4, 0.5) is 0 Å². The van der Waals surface area contributed by atoms with Crippen LogP contribution in [0.2, 0.25) is 0 Å². The summed E-state index contributed by atoms with van der Waals surface area (Å²) in [5.74, 6) is 0.749. The number of hydrogen-bond acceptors (Lipinski definition) is 2. The molecule has 0 spiro atoms. The zero-order valence-corrected chi connectivity index (χ0v) is 6.16. The Morgan fingerprint density at radius 2 is 2.10 bits per heavy atom. The summed E-state index contributed by atoms with van der Waals surface area (Å²) in [4.78, 5) is 10.2. The maximum atomic E-state index is 10.2. The van der Waals surface area contributed by atoms with E-state index < -0.39 is 0 Å². The SMILES string of the molecule is O=N[C@H]1[C@@H](Cl)[C@@H]2C=C[C@@H]1C2. The summed E-state index contributed by atoms with van der Waals surface area (Å²) >= 11 is 5.93. The van der Waals surface area contributed by atoms with Crippen LogP contribution in [0.1, 0.15) is 6.42 Å². The molecule has 2 aliphatic rings. The molecule has 4 atom stereocenters. The molecule has 1 fully saturated rings. The molecule has 0 unspecified atom stereocenters. The van der Waals surface area contributed by atoms with Crippen molar-refractivity contribution in [3.63, 3.8) is 0 Å². The third kappa shape index (κ3) is 0.655. The van der Waals surface area contributed by atoms with Crippen molar-refractivity contribution >= 4 is 11.6 Å². The number of nitrogens with zero attached hydrogens (tertiary/aromatic N) is 1. The molecule has 0 aromatic carbocycles. The van der Waals surface area contributed by atoms with Gasteiger partial charge < -0.3 is 0 Å². The Balaban J connectivity index is 2.25. The molecule has 1 saturated carbocycles. The lowest BCUT2D eigenvalue weighted by Gasteiger charge is -2.14. The van der Waals surface area contributed by atoms with Crippen molar-refractivity contribution in [1.29, 1.82) is 0 Å². The fraction of sp³-hybridized carbons (Fsp3) is 0.714. The number of rotatable bonds is 1. The first-order valence-electron chi connectivity index (χ1n) is 3.48. The molecule has 0 N–H and O–H groups in total. The van der Waals surface area contributed by atoms with Crippen LogP contribution in [-0.4, -0.2) is 11.4 Å². The zero-order valence-electron chi connectivity index (χ0n) is 5.40. The van der Waals surface area contributed by atoms with Crippen molar-refractivity contribution in [3.8, 4) is 0 Å². The van der Waals surface area contributed by atoms with E-state index in [1.807, 2.05) is 0 Å². The maximum Gasteiger partial charge on any atom is 0.115 e. The predicted octanol–water partition coefficient (Wildman–Crippen LogP) is 1.93. The van der Waals surface area contributed by atoms with Crippen LogP contribution in [0.3, 0.4) is 0 Å². The molecule has 2 aliphatic carbocycles. The fourth-order valence-corrected chi connectivity index (χ4v) is 2.29. The van der Waals surface area contributed by atoms with Gasteiger partial charge in [0, 0.05) is 5.92 Å². The number of allylic oxidation sites excluding steroid dienone is 1. The van der Waals surface area contributed by atoms with E-state index in [2.05, 4.69) is 17.3 Å². The highest BCUT2D eigenvalue weighted by atomic mass is 35.5. The fourth-order valence-electron chi connectivity index (χ4n) is 1.87. The van der Waals surface area contributed by atoms with Gasteiger partial charge in [-0.1, -0.05) is 17.3 Å². The average molecular weight is 158 g/mol. The Morgan fingerprint density at radius 3 is 2.50 bits per heavy atom. The Labute approximate surface area is 64.2 Å². The molecule has 0 aliphatic heterocycles. The van der Waals surface area contributed by atoms with Gasteiger partial charge >= 0.3 is 0 Å². The lowest BCUT2D eigenvalue weighted by Crippen LogP contribution is -2.22. The second kappa shape index (κ2) is 2.06. The van der Waals surface area contributed by atoms with Crippen LogP contribution in [0.5, 0.6) is 0 Å². The first-order valence-corrected chi connectivity index (χ1v) is 3.91. The van der Waals surface area contributed by atoms with Crippen molar-refractivity contribution in [2.75, 3.05) is 0 Å². The van der Waals surface area contributed by atoms with Gasteiger partial charge in [-0.2, -0.15) is 4.91 Å². The molecule has 0 aromatic rings. The summed E-state index contributed by atoms with van der Waals surface area (Å²) < 4.78 is 0. The highest BCUT2D eigenvalue weighted by molar-refractivity contribution is 6.21. The van der Waals surface area contributed by atoms with Crippen LogP contribution < -0.4 is 0 Å². The Bertz CT molecular complexity index is 192. The van der Waals surface area contributed by atoms with Gasteiger partial charge in [-0.25, -0.2) is 0 Å². The van der Waals surface area contributed by atoms with Crippen LogP contribution >= 0.6 is 11.6 Å². The van der Waals surface area contributed by atoms with E-state index in [1.165, 1.54) is 0 Å². The number of alkyl halides is 1. The summed E-state index contributed by atoms with van der Waals surface area (Å²) in [6.45, 7) is 0. The minimum atomic E-state index is -0.156. The van der Waals surface area contributed by atoms with E-state index in [0.717, 1.165) is 6.42 Å². The zero-order chi connectivity index (χ0) is 7.14. The van der Waals surface area contributed by atoms with Crippen LogP contribution in [-0.2, 0) is 0 Å². The maximum absolute atomic E-state index is 10.2. The number of halogens is 1. The van der Waals surface area contributed by atoms with E-state index in [0.29, 0.717) is 11.8 Å². The van der Waals surface area contributed by atoms with E-state index in [-0.39, 0.29) is 11.4 Å². The Kier molecular flexibility index (Phi) is 1.31. The predicted molar refractivity (Wildman–Crippen MR) is 40.0 cm³/mol. The number of hydrogen-bond donors (Lipinski definition) is 0. The molecule has 2 nitrogen and oxygen atoms in total. The number of fused-ring (bicyclic) bond motifs is 2. The molecule has 3 heteroatoms. The minimum Gasteiger partial charge on any atom is -0.150 e. The molecule has 0 aromatic heterocycles. The van der Waals surface area contributed by atoms with Gasteiger partial charge in [0.25, 0.3) is 0 Å². The van der Waals surface area contributed by atoms with Crippen molar-refractivity contribution in [2.24, 2.45) is 17.0 Å². The van der Waals surface area contributed by atoms with Crippen LogP contribution in [0.25, 0.3) is 0 Å². The van der Waals surface area contributed by atoms with Gasteiger partial charge in [0.2, 0.25) is 0 Å². The molecule has 0 heterocycles. The van der Waals surface area contributed by atoms with E-state index in [9.17, 15) is 4.91 Å². The van der Waals surface area contributed by atoms with Gasteiger partial charge in [-0.05, 0) is 12.3 Å². The van der Waals surface area contributed by atoms with E-state index >= 15 is 0 Å². The summed E-state index contributed by atoms with van der Waals surface area (Å²) in [7, 11) is 0. The van der Waals surface area contributed by atoms with E-state index in [4.69, 9.17) is 11.6 Å². The molecule has 54 valence electrons. The van der Waals surface area contributed by atoms with Crippen molar-refractivity contribution in [2.45, 2.75) is 17.8 Å². The normalized spacial score (nSPS) is 50.1. The summed E-state index contributed by atoms with van der Waals surface area (Å²) in [5, 5.41) is 2.98. The molecular formula is C7H8ClNO. The second-order valence-electron chi connectivity index (χ2n) is 2.99. The van der Waals surface area contributed by atoms with E-state index in [1.54, 1.807) is 0 Å².